The third kappa shape index (κ3) is 3.20. The number of halogens is 1. The van der Waals surface area contributed by atoms with Crippen LogP contribution < -0.4 is 4.31 Å². The molecule has 0 aromatic heterocycles. The Balaban J connectivity index is 2.49. The molecule has 8 heteroatoms. The summed E-state index contributed by atoms with van der Waals surface area (Å²) in [6.45, 7) is 1.80. The van der Waals surface area contributed by atoms with E-state index in [1.807, 2.05) is 0 Å². The highest BCUT2D eigenvalue weighted by Gasteiger charge is 2.24. The largest absolute Gasteiger partial charge is 0.271 e. The van der Waals surface area contributed by atoms with Crippen molar-refractivity contribution in [2.45, 2.75) is 11.8 Å². The average molecular weight is 341 g/mol. The van der Waals surface area contributed by atoms with E-state index in [-0.39, 0.29) is 22.8 Å². The van der Waals surface area contributed by atoms with E-state index >= 15 is 0 Å². The standard InChI is InChI=1S/C14H13ClN2O4S/c1-2-16(12-4-3-5-13(10-12)17(18)19)22(20,21)14-8-6-11(15)7-9-14/h3-10H,2H2,1H3. The highest BCUT2D eigenvalue weighted by atomic mass is 35.5. The van der Waals surface area contributed by atoms with Gasteiger partial charge in [-0.3, -0.25) is 14.4 Å². The van der Waals surface area contributed by atoms with Gasteiger partial charge in [0.1, 0.15) is 0 Å². The van der Waals surface area contributed by atoms with Crippen LogP contribution >= 0.6 is 11.6 Å². The number of hydrogen-bond donors (Lipinski definition) is 0. The highest BCUT2D eigenvalue weighted by Crippen LogP contribution is 2.27. The quantitative estimate of drug-likeness (QED) is 0.616. The fraction of sp³-hybridized carbons (Fsp3) is 0.143. The molecule has 0 aliphatic carbocycles. The third-order valence-electron chi connectivity index (χ3n) is 3.02. The molecule has 0 aliphatic heterocycles. The first kappa shape index (κ1) is 16.3. The summed E-state index contributed by atoms with van der Waals surface area (Å²) in [4.78, 5) is 10.4. The van der Waals surface area contributed by atoms with Crippen LogP contribution in [-0.4, -0.2) is 19.9 Å². The van der Waals surface area contributed by atoms with Crippen LogP contribution in [0.4, 0.5) is 11.4 Å². The van der Waals surface area contributed by atoms with Gasteiger partial charge in [0.05, 0.1) is 15.5 Å². The first-order chi connectivity index (χ1) is 10.4. The Bertz CT molecular complexity index is 791. The summed E-state index contributed by atoms with van der Waals surface area (Å²) in [7, 11) is -3.81. The molecule has 0 saturated carbocycles. The molecule has 116 valence electrons. The van der Waals surface area contributed by atoms with Crippen molar-refractivity contribution in [1.82, 2.24) is 0 Å². The molecule has 0 atom stereocenters. The van der Waals surface area contributed by atoms with Crippen LogP contribution in [0, 0.1) is 10.1 Å². The monoisotopic (exact) mass is 340 g/mol. The molecule has 0 bridgehead atoms. The summed E-state index contributed by atoms with van der Waals surface area (Å²) in [5.74, 6) is 0. The van der Waals surface area contributed by atoms with Crippen LogP contribution in [0.1, 0.15) is 6.92 Å². The maximum Gasteiger partial charge on any atom is 0.271 e. The zero-order valence-corrected chi connectivity index (χ0v) is 13.2. The van der Waals surface area contributed by atoms with Crippen molar-refractivity contribution >= 4 is 33.0 Å². The molecule has 2 aromatic carbocycles. The Kier molecular flexibility index (Phi) is 4.68. The van der Waals surface area contributed by atoms with Crippen LogP contribution in [0.5, 0.6) is 0 Å². The maximum absolute atomic E-state index is 12.7. The van der Waals surface area contributed by atoms with Gasteiger partial charge in [-0.25, -0.2) is 8.42 Å². The van der Waals surface area contributed by atoms with Crippen molar-refractivity contribution in [3.63, 3.8) is 0 Å². The van der Waals surface area contributed by atoms with Gasteiger partial charge in [-0.2, -0.15) is 0 Å². The lowest BCUT2D eigenvalue weighted by Gasteiger charge is -2.22. The van der Waals surface area contributed by atoms with E-state index < -0.39 is 14.9 Å². The first-order valence-electron chi connectivity index (χ1n) is 6.39. The molecule has 0 fully saturated rings. The van der Waals surface area contributed by atoms with Crippen LogP contribution in [0.25, 0.3) is 0 Å². The summed E-state index contributed by atoms with van der Waals surface area (Å²) < 4.78 is 26.5. The highest BCUT2D eigenvalue weighted by molar-refractivity contribution is 7.92. The predicted molar refractivity (Wildman–Crippen MR) is 84.8 cm³/mol. The summed E-state index contributed by atoms with van der Waals surface area (Å²) in [6.07, 6.45) is 0. The minimum atomic E-state index is -3.81. The number of anilines is 1. The SMILES string of the molecule is CCN(c1cccc([N+](=O)[O-])c1)S(=O)(=O)c1ccc(Cl)cc1. The van der Waals surface area contributed by atoms with E-state index in [1.54, 1.807) is 6.92 Å². The Morgan fingerprint density at radius 1 is 1.18 bits per heavy atom. The average Bonchev–Trinajstić information content (AvgIpc) is 2.48. The second-order valence-corrected chi connectivity index (χ2v) is 6.70. The van der Waals surface area contributed by atoms with Crippen LogP contribution in [-0.2, 0) is 10.0 Å². The molecule has 6 nitrogen and oxygen atoms in total. The number of benzene rings is 2. The Labute approximate surface area is 133 Å². The predicted octanol–water partition coefficient (Wildman–Crippen LogP) is 3.46. The number of rotatable bonds is 5. The van der Waals surface area contributed by atoms with Gasteiger partial charge in [0.25, 0.3) is 15.7 Å². The molecule has 0 amide bonds. The topological polar surface area (TPSA) is 80.5 Å². The van der Waals surface area contributed by atoms with E-state index in [0.29, 0.717) is 5.02 Å². The fourth-order valence-corrected chi connectivity index (χ4v) is 3.58. The normalized spacial score (nSPS) is 11.2. The van der Waals surface area contributed by atoms with Crippen molar-refractivity contribution in [1.29, 1.82) is 0 Å². The summed E-state index contributed by atoms with van der Waals surface area (Å²) in [6, 6.07) is 11.3. The van der Waals surface area contributed by atoms with Gasteiger partial charge in [0.15, 0.2) is 0 Å². The molecule has 0 unspecified atom stereocenters. The van der Waals surface area contributed by atoms with Gasteiger partial charge >= 0.3 is 0 Å². The second-order valence-electron chi connectivity index (χ2n) is 4.40. The molecule has 0 heterocycles. The molecule has 0 aliphatic rings. The van der Waals surface area contributed by atoms with Crippen LogP contribution in [0.15, 0.2) is 53.4 Å². The number of sulfonamides is 1. The van der Waals surface area contributed by atoms with Gasteiger partial charge < -0.3 is 0 Å². The molecule has 2 aromatic rings. The smallest absolute Gasteiger partial charge is 0.266 e. The second kappa shape index (κ2) is 6.33. The Morgan fingerprint density at radius 3 is 2.36 bits per heavy atom. The zero-order chi connectivity index (χ0) is 16.3. The van der Waals surface area contributed by atoms with Gasteiger partial charge in [-0.15, -0.1) is 0 Å². The van der Waals surface area contributed by atoms with Crippen molar-refractivity contribution < 1.29 is 13.3 Å². The number of hydrogen-bond acceptors (Lipinski definition) is 4. The van der Waals surface area contributed by atoms with E-state index in [2.05, 4.69) is 0 Å². The molecular formula is C14H13ClN2O4S. The molecular weight excluding hydrogens is 328 g/mol. The summed E-state index contributed by atoms with van der Waals surface area (Å²) in [5, 5.41) is 11.3. The third-order valence-corrected chi connectivity index (χ3v) is 5.19. The van der Waals surface area contributed by atoms with Gasteiger partial charge in [-0.05, 0) is 37.3 Å². The lowest BCUT2D eigenvalue weighted by atomic mass is 10.3. The lowest BCUT2D eigenvalue weighted by molar-refractivity contribution is -0.384. The fourth-order valence-electron chi connectivity index (χ4n) is 1.99. The zero-order valence-electron chi connectivity index (χ0n) is 11.6. The van der Waals surface area contributed by atoms with Crippen molar-refractivity contribution in [2.75, 3.05) is 10.8 Å². The minimum absolute atomic E-state index is 0.0743. The van der Waals surface area contributed by atoms with E-state index in [1.165, 1.54) is 48.5 Å². The summed E-state index contributed by atoms with van der Waals surface area (Å²) in [5.41, 5.74) is 0.0777. The molecule has 0 radical (unpaired) electrons. The van der Waals surface area contributed by atoms with Gasteiger partial charge in [0.2, 0.25) is 0 Å². The van der Waals surface area contributed by atoms with Crippen LogP contribution in [0.3, 0.4) is 0 Å². The van der Waals surface area contributed by atoms with E-state index in [9.17, 15) is 18.5 Å². The number of non-ortho nitro benzene ring substituents is 1. The Morgan fingerprint density at radius 2 is 1.82 bits per heavy atom. The lowest BCUT2D eigenvalue weighted by Crippen LogP contribution is -2.30. The molecule has 22 heavy (non-hydrogen) atoms. The van der Waals surface area contributed by atoms with E-state index in [0.717, 1.165) is 4.31 Å². The molecule has 0 saturated heterocycles. The van der Waals surface area contributed by atoms with Crippen molar-refractivity contribution in [3.05, 3.63) is 63.7 Å². The van der Waals surface area contributed by atoms with Crippen molar-refractivity contribution in [3.8, 4) is 0 Å². The maximum atomic E-state index is 12.7. The number of nitro groups is 1. The van der Waals surface area contributed by atoms with Gasteiger partial charge in [-0.1, -0.05) is 17.7 Å². The minimum Gasteiger partial charge on any atom is -0.266 e. The van der Waals surface area contributed by atoms with Gasteiger partial charge in [0, 0.05) is 23.7 Å². The molecule has 0 N–H and O–H groups in total. The molecule has 2 rings (SSSR count). The number of nitro benzene ring substituents is 1. The Hall–Kier alpha value is -2.12. The van der Waals surface area contributed by atoms with E-state index in [4.69, 9.17) is 11.6 Å². The van der Waals surface area contributed by atoms with Crippen molar-refractivity contribution in [2.24, 2.45) is 0 Å². The molecule has 0 spiro atoms. The summed E-state index contributed by atoms with van der Waals surface area (Å²) >= 11 is 5.76. The van der Waals surface area contributed by atoms with Crippen LogP contribution in [0.2, 0.25) is 5.02 Å². The first-order valence-corrected chi connectivity index (χ1v) is 8.21. The number of nitrogens with zero attached hydrogens (tertiary/aromatic N) is 2.